The number of fused-ring (bicyclic) bond motifs is 8. The first-order valence-corrected chi connectivity index (χ1v) is 42.5. The van der Waals surface area contributed by atoms with E-state index in [2.05, 4.69) is 168 Å². The highest BCUT2D eigenvalue weighted by Crippen LogP contribution is 2.45. The molecule has 7 aliphatic rings. The van der Waals surface area contributed by atoms with Gasteiger partial charge in [0, 0.05) is 66.2 Å². The van der Waals surface area contributed by atoms with Crippen LogP contribution in [-0.2, 0) is 43.4 Å². The van der Waals surface area contributed by atoms with Crippen LogP contribution in [0.2, 0.25) is 0 Å². The highest BCUT2D eigenvalue weighted by Gasteiger charge is 2.33. The molecule has 0 bridgehead atoms. The van der Waals surface area contributed by atoms with Crippen molar-refractivity contribution in [3.8, 4) is 11.1 Å². The number of halogens is 1. The van der Waals surface area contributed by atoms with Crippen molar-refractivity contribution in [2.75, 3.05) is 25.0 Å². The first kappa shape index (κ1) is 78.2. The molecule has 0 radical (unpaired) electrons. The van der Waals surface area contributed by atoms with Crippen molar-refractivity contribution in [3.63, 3.8) is 0 Å². The summed E-state index contributed by atoms with van der Waals surface area (Å²) in [6.45, 7) is 15.8. The molecule has 7 aromatic carbocycles. The summed E-state index contributed by atoms with van der Waals surface area (Å²) in [6.07, 6.45) is 25.4. The molecule has 20 rings (SSSR count). The molecule has 6 N–H and O–H groups in total. The zero-order valence-corrected chi connectivity index (χ0v) is 67.5. The molecule has 6 aromatic heterocycles. The Morgan fingerprint density at radius 3 is 2.03 bits per heavy atom. The SMILES string of the molecule is C.CC(C)(O)c1ccc2c(c1)CC(c1n[nH]c3ccsc13)=C2.CCC(O)(CC)c1ccc2c(c1)CC(c1n[nH]c3cc(C(C)F)sc13)=C2.Cc1ccc2c(c1)CC(C1=NCc3ccc(NC4CCCC4)cc31)=C2.O=c1[nH]c2cc3c(cc2nc1Cc1ccccc1)C(CCCN1CCCCC1)C(c1ccc(-c2ccncc2)cc1)=N3. The van der Waals surface area contributed by atoms with Crippen LogP contribution in [0.5, 0.6) is 0 Å². The minimum atomic E-state index is -0.966. The van der Waals surface area contributed by atoms with Gasteiger partial charge in [0.15, 0.2) is 0 Å². The Morgan fingerprint density at radius 1 is 0.661 bits per heavy atom. The van der Waals surface area contributed by atoms with Crippen molar-refractivity contribution in [1.82, 2.24) is 40.2 Å². The van der Waals surface area contributed by atoms with Gasteiger partial charge in [-0.05, 0) is 265 Å². The number of rotatable bonds is 18. The van der Waals surface area contributed by atoms with Crippen molar-refractivity contribution < 1.29 is 14.6 Å². The predicted octanol–water partition coefficient (Wildman–Crippen LogP) is 22.7. The van der Waals surface area contributed by atoms with Crippen LogP contribution in [0.4, 0.5) is 15.8 Å². The second-order valence-electron chi connectivity index (χ2n) is 32.4. The van der Waals surface area contributed by atoms with E-state index in [1.807, 2.05) is 107 Å². The maximum atomic E-state index is 13.6. The molecule has 9 heterocycles. The molecule has 2 fully saturated rings. The zero-order valence-electron chi connectivity index (χ0n) is 65.8. The number of aryl methyl sites for hydroxylation is 1. The third-order valence-electron chi connectivity index (χ3n) is 24.0. The normalized spacial score (nSPS) is 16.4. The van der Waals surface area contributed by atoms with Gasteiger partial charge in [0.1, 0.15) is 23.3 Å². The Balaban J connectivity index is 0.000000119. The number of hydrogen-bond acceptors (Lipinski definition) is 13. The molecule has 1 saturated carbocycles. The van der Waals surface area contributed by atoms with Crippen LogP contribution in [-0.4, -0.2) is 87.6 Å². The Hall–Kier alpha value is -10.7. The number of pyridine rings is 1. The van der Waals surface area contributed by atoms with Gasteiger partial charge in [0.2, 0.25) is 0 Å². The van der Waals surface area contributed by atoms with Crippen LogP contribution in [0, 0.1) is 6.92 Å². The molecule has 0 spiro atoms. The van der Waals surface area contributed by atoms with Crippen LogP contribution in [0.1, 0.15) is 225 Å². The van der Waals surface area contributed by atoms with Gasteiger partial charge in [0.25, 0.3) is 5.56 Å². The molecule has 14 nitrogen and oxygen atoms in total. The summed E-state index contributed by atoms with van der Waals surface area (Å²) in [5, 5.41) is 41.8. The van der Waals surface area contributed by atoms with Gasteiger partial charge in [-0.3, -0.25) is 30.0 Å². The largest absolute Gasteiger partial charge is 0.386 e. The molecule has 115 heavy (non-hydrogen) atoms. The lowest BCUT2D eigenvalue weighted by Crippen LogP contribution is -2.30. The molecule has 17 heteroatoms. The van der Waals surface area contributed by atoms with Crippen molar-refractivity contribution in [2.45, 2.75) is 181 Å². The number of allylic oxidation sites excluding steroid dienone is 3. The average molecular weight is 1570 g/mol. The number of piperidine rings is 1. The maximum absolute atomic E-state index is 13.6. The second-order valence-corrected chi connectivity index (χ2v) is 34.4. The summed E-state index contributed by atoms with van der Waals surface area (Å²) in [7, 11) is 0. The molecule has 3 aliphatic heterocycles. The first-order valence-electron chi connectivity index (χ1n) is 40.8. The summed E-state index contributed by atoms with van der Waals surface area (Å²) < 4.78 is 15.9. The molecular formula is C98H102FN11O3S2. The molecule has 0 amide bonds. The molecular weight excluding hydrogens is 1460 g/mol. The third-order valence-corrected chi connectivity index (χ3v) is 26.3. The summed E-state index contributed by atoms with van der Waals surface area (Å²) >= 11 is 3.19. The van der Waals surface area contributed by atoms with Gasteiger partial charge in [-0.2, -0.15) is 10.2 Å². The lowest BCUT2D eigenvalue weighted by molar-refractivity contribution is 0.0283. The number of benzene rings is 7. The van der Waals surface area contributed by atoms with Crippen LogP contribution < -0.4 is 10.9 Å². The standard InChI is InChI=1S/C36H35N5O.C23H24N2.C21H23FN2OS.C17H16N2OS.CH4/c42-36-34(22-25-8-3-1-4-9-25)38-32-23-30-29(10-7-21-41-19-5-2-6-20-41)35(39-31(30)24-33(32)40-36)28-13-11-26(12-14-28)27-15-17-37-18-16-27;1-15-6-7-16-11-19(12-18(16)10-15)23-22-13-21(9-8-17(22)14-24-23)25-20-4-2-3-5-20;1-4-21(25,5-2)16-7-6-13-8-15(9-14(13)10-16)19-20-17(23-24-19)11-18(26-20)12(3)22;1-17(2,20)13-4-3-10-7-12(8-11(10)9-13)15-16-14(18-19-15)5-6-21-16;/h1,3-4,8-9,11-18,23-24,29H,2,5-7,10,19-22H2,(H,40,42);6-11,13,20,25H,2-5,12,14H2,1H3;6-8,10-12,25H,4-5,9H2,1-3H3,(H,23,24);3-7,9,20H,8H2,1-2H3,(H,18,19);1H4. The van der Waals surface area contributed by atoms with Crippen molar-refractivity contribution in [3.05, 3.63) is 297 Å². The molecule has 1 saturated heterocycles. The number of aliphatic hydroxyl groups is 2. The first-order chi connectivity index (χ1) is 55.4. The Bertz CT molecular complexity index is 5950. The van der Waals surface area contributed by atoms with E-state index in [9.17, 15) is 19.4 Å². The van der Waals surface area contributed by atoms with E-state index < -0.39 is 17.4 Å². The van der Waals surface area contributed by atoms with Crippen molar-refractivity contribution in [2.24, 2.45) is 9.98 Å². The van der Waals surface area contributed by atoms with E-state index in [4.69, 9.17) is 15.0 Å². The molecule has 2 atom stereocenters. The number of anilines is 1. The highest BCUT2D eigenvalue weighted by molar-refractivity contribution is 7.19. The summed E-state index contributed by atoms with van der Waals surface area (Å²) in [5.41, 5.74) is 32.0. The van der Waals surface area contributed by atoms with Gasteiger partial charge < -0.3 is 25.4 Å². The van der Waals surface area contributed by atoms with Crippen LogP contribution in [0.3, 0.4) is 0 Å². The highest BCUT2D eigenvalue weighted by atomic mass is 32.1. The Morgan fingerprint density at radius 2 is 1.31 bits per heavy atom. The summed E-state index contributed by atoms with van der Waals surface area (Å²) in [4.78, 5) is 38.5. The van der Waals surface area contributed by atoms with Crippen LogP contribution in [0.15, 0.2) is 202 Å². The maximum Gasteiger partial charge on any atom is 0.270 e. The van der Waals surface area contributed by atoms with Gasteiger partial charge >= 0.3 is 0 Å². The number of thiophene rings is 2. The average Bonchev–Trinajstić information content (AvgIpc) is 1.64. The number of likely N-dealkylation sites (tertiary alicyclic amines) is 1. The Labute approximate surface area is 681 Å². The molecule has 13 aromatic rings. The number of hydrogen-bond donors (Lipinski definition) is 6. The van der Waals surface area contributed by atoms with Gasteiger partial charge in [-0.1, -0.05) is 161 Å². The fourth-order valence-electron chi connectivity index (χ4n) is 17.5. The molecule has 4 aliphatic carbocycles. The summed E-state index contributed by atoms with van der Waals surface area (Å²) in [5.74, 6) is 0.187. The Kier molecular flexibility index (Phi) is 22.9. The number of nitrogens with zero attached hydrogens (tertiary/aromatic N) is 7. The fourth-order valence-corrected chi connectivity index (χ4v) is 19.4. The lowest BCUT2D eigenvalue weighted by atomic mass is 9.87. The van der Waals surface area contributed by atoms with E-state index in [0.717, 1.165) is 139 Å². The van der Waals surface area contributed by atoms with Gasteiger partial charge in [0.05, 0.1) is 66.3 Å². The van der Waals surface area contributed by atoms with E-state index >= 15 is 0 Å². The number of nitrogens with one attached hydrogen (secondary N) is 4. The predicted molar refractivity (Wildman–Crippen MR) is 475 cm³/mol. The zero-order chi connectivity index (χ0) is 78.2. The smallest absolute Gasteiger partial charge is 0.270 e. The topological polar surface area (TPSA) is 196 Å². The van der Waals surface area contributed by atoms with E-state index in [1.54, 1.807) is 18.3 Å². The van der Waals surface area contributed by atoms with Crippen LogP contribution >= 0.6 is 22.7 Å². The number of alkyl halides is 1. The minimum Gasteiger partial charge on any atom is -0.386 e. The van der Waals surface area contributed by atoms with Crippen LogP contribution in [0.25, 0.3) is 72.0 Å². The van der Waals surface area contributed by atoms with E-state index in [1.165, 1.54) is 152 Å². The number of aromatic amines is 3. The quantitative estimate of drug-likeness (QED) is 0.0484. The second kappa shape index (κ2) is 33.7. The fraction of sp³-hybridized carbons (Fsp3) is 0.316. The summed E-state index contributed by atoms with van der Waals surface area (Å²) in [6, 6.07) is 57.6. The molecule has 586 valence electrons. The minimum absolute atomic E-state index is 0. The number of aliphatic imine (C=N–C) groups is 2. The van der Waals surface area contributed by atoms with Crippen molar-refractivity contribution in [1.29, 1.82) is 0 Å². The van der Waals surface area contributed by atoms with Gasteiger partial charge in [-0.25, -0.2) is 9.37 Å². The van der Waals surface area contributed by atoms with Crippen molar-refractivity contribution >= 4 is 106 Å². The third kappa shape index (κ3) is 16.8. The number of aromatic nitrogens is 7. The monoisotopic (exact) mass is 1560 g/mol. The van der Waals surface area contributed by atoms with Gasteiger partial charge in [-0.15, -0.1) is 22.7 Å². The lowest BCUT2D eigenvalue weighted by Gasteiger charge is -2.27. The number of H-pyrrole nitrogens is 3. The van der Waals surface area contributed by atoms with E-state index in [-0.39, 0.29) is 18.9 Å². The molecule has 2 unspecified atom stereocenters. The van der Waals surface area contributed by atoms with E-state index in [0.29, 0.717) is 31.0 Å².